The van der Waals surface area contributed by atoms with Crippen molar-refractivity contribution < 1.29 is 8.42 Å². The lowest BCUT2D eigenvalue weighted by Crippen LogP contribution is -2.30. The Morgan fingerprint density at radius 3 is 2.61 bits per heavy atom. The standard InChI is InChI=1S/C20H24ClN7O2S/c21-16-11-22-20(25-18-9-17(27-28-18)13-3-4-13)26-19(16)24-14-5-1-12(2-6-14)10-23-31(29,30)15-7-8-15/h1-2,5-6,11,13,15,18,23,28H,3-4,7-10H2,(H2,22,24,25,26). The molecule has 4 N–H and O–H groups in total. The number of anilines is 3. The Morgan fingerprint density at radius 2 is 1.90 bits per heavy atom. The Bertz CT molecular complexity index is 1100. The molecule has 0 saturated heterocycles. The summed E-state index contributed by atoms with van der Waals surface area (Å²) < 4.78 is 26.6. The van der Waals surface area contributed by atoms with Crippen LogP contribution in [0.15, 0.2) is 35.6 Å². The fraction of sp³-hybridized carbons (Fsp3) is 0.450. The second kappa shape index (κ2) is 8.25. The van der Waals surface area contributed by atoms with Gasteiger partial charge in [0.1, 0.15) is 11.2 Å². The number of hydrogen-bond donors (Lipinski definition) is 4. The summed E-state index contributed by atoms with van der Waals surface area (Å²) in [7, 11) is -3.19. The zero-order chi connectivity index (χ0) is 21.4. The molecule has 9 nitrogen and oxygen atoms in total. The second-order valence-corrected chi connectivity index (χ2v) is 10.6. The number of hydrazone groups is 1. The van der Waals surface area contributed by atoms with Crippen molar-refractivity contribution in [2.45, 2.75) is 50.1 Å². The molecule has 2 fully saturated rings. The average molecular weight is 462 g/mol. The Balaban J connectivity index is 1.19. The third-order valence-electron chi connectivity index (χ3n) is 5.53. The summed E-state index contributed by atoms with van der Waals surface area (Å²) in [5.74, 6) is 1.58. The van der Waals surface area contributed by atoms with Crippen LogP contribution in [0.3, 0.4) is 0 Å². The zero-order valence-electron chi connectivity index (χ0n) is 16.8. The van der Waals surface area contributed by atoms with Crippen molar-refractivity contribution in [1.82, 2.24) is 20.1 Å². The summed E-state index contributed by atoms with van der Waals surface area (Å²) in [4.78, 5) is 8.75. The van der Waals surface area contributed by atoms with Crippen LogP contribution in [0.25, 0.3) is 0 Å². The molecule has 0 radical (unpaired) electrons. The van der Waals surface area contributed by atoms with Crippen LogP contribution in [0.4, 0.5) is 17.5 Å². The van der Waals surface area contributed by atoms with E-state index in [1.165, 1.54) is 18.6 Å². The van der Waals surface area contributed by atoms with Crippen LogP contribution in [0.5, 0.6) is 0 Å². The van der Waals surface area contributed by atoms with Crippen LogP contribution in [-0.4, -0.2) is 35.5 Å². The van der Waals surface area contributed by atoms with E-state index in [0.29, 0.717) is 22.7 Å². The van der Waals surface area contributed by atoms with Crippen LogP contribution in [0.2, 0.25) is 5.02 Å². The van der Waals surface area contributed by atoms with E-state index in [4.69, 9.17) is 11.6 Å². The molecule has 5 rings (SSSR count). The topological polar surface area (TPSA) is 120 Å². The zero-order valence-corrected chi connectivity index (χ0v) is 18.4. The molecule has 164 valence electrons. The summed E-state index contributed by atoms with van der Waals surface area (Å²) >= 11 is 6.27. The Labute approximate surface area is 186 Å². The first-order valence-electron chi connectivity index (χ1n) is 10.4. The predicted molar refractivity (Wildman–Crippen MR) is 121 cm³/mol. The minimum absolute atomic E-state index is 0.0247. The largest absolute Gasteiger partial charge is 0.339 e. The van der Waals surface area contributed by atoms with Gasteiger partial charge in [-0.15, -0.1) is 0 Å². The van der Waals surface area contributed by atoms with Gasteiger partial charge in [-0.25, -0.2) is 18.1 Å². The first kappa shape index (κ1) is 20.5. The molecule has 2 saturated carbocycles. The summed E-state index contributed by atoms with van der Waals surface area (Å²) in [6.45, 7) is 0.279. The molecular formula is C20H24ClN7O2S. The Kier molecular flexibility index (Phi) is 5.45. The molecule has 1 unspecified atom stereocenters. The molecule has 0 amide bonds. The smallest absolute Gasteiger partial charge is 0.226 e. The van der Waals surface area contributed by atoms with Crippen LogP contribution in [0, 0.1) is 5.92 Å². The van der Waals surface area contributed by atoms with Gasteiger partial charge >= 0.3 is 0 Å². The van der Waals surface area contributed by atoms with Crippen molar-refractivity contribution in [3.8, 4) is 0 Å². The maximum Gasteiger partial charge on any atom is 0.226 e. The van der Waals surface area contributed by atoms with Gasteiger partial charge in [-0.05, 0) is 49.3 Å². The van der Waals surface area contributed by atoms with Crippen molar-refractivity contribution in [3.63, 3.8) is 0 Å². The van der Waals surface area contributed by atoms with E-state index in [0.717, 1.165) is 30.5 Å². The van der Waals surface area contributed by atoms with Crippen LogP contribution in [0.1, 0.15) is 37.7 Å². The monoisotopic (exact) mass is 461 g/mol. The van der Waals surface area contributed by atoms with Crippen molar-refractivity contribution in [2.75, 3.05) is 10.6 Å². The van der Waals surface area contributed by atoms with Crippen molar-refractivity contribution in [2.24, 2.45) is 11.0 Å². The van der Waals surface area contributed by atoms with E-state index in [1.54, 1.807) is 6.20 Å². The molecule has 1 aromatic carbocycles. The van der Waals surface area contributed by atoms with Crippen LogP contribution < -0.4 is 20.8 Å². The maximum atomic E-state index is 12.0. The average Bonchev–Trinajstić information content (AvgIpc) is 3.68. The van der Waals surface area contributed by atoms with Crippen LogP contribution >= 0.6 is 11.6 Å². The lowest BCUT2D eigenvalue weighted by atomic mass is 10.2. The Hall–Kier alpha value is -2.43. The van der Waals surface area contributed by atoms with Crippen LogP contribution in [-0.2, 0) is 16.6 Å². The highest BCUT2D eigenvalue weighted by Gasteiger charge is 2.35. The molecule has 1 aromatic heterocycles. The highest BCUT2D eigenvalue weighted by Crippen LogP contribution is 2.33. The van der Waals surface area contributed by atoms with E-state index in [1.807, 2.05) is 24.3 Å². The lowest BCUT2D eigenvalue weighted by molar-refractivity contribution is 0.580. The number of rotatable bonds is 9. The second-order valence-electron chi connectivity index (χ2n) is 8.19. The predicted octanol–water partition coefficient (Wildman–Crippen LogP) is 2.95. The number of hydrogen-bond acceptors (Lipinski definition) is 8. The first-order chi connectivity index (χ1) is 15.0. The Morgan fingerprint density at radius 1 is 1.13 bits per heavy atom. The van der Waals surface area contributed by atoms with Gasteiger partial charge in [-0.2, -0.15) is 10.1 Å². The molecular weight excluding hydrogens is 438 g/mol. The summed E-state index contributed by atoms with van der Waals surface area (Å²) in [6, 6.07) is 7.46. The first-order valence-corrected chi connectivity index (χ1v) is 12.3. The van der Waals surface area contributed by atoms with E-state index >= 15 is 0 Å². The van der Waals surface area contributed by atoms with E-state index in [2.05, 4.69) is 35.9 Å². The van der Waals surface area contributed by atoms with Gasteiger partial charge in [0.25, 0.3) is 0 Å². The van der Waals surface area contributed by atoms with Gasteiger partial charge in [0.05, 0.1) is 11.4 Å². The lowest BCUT2D eigenvalue weighted by Gasteiger charge is -2.14. The van der Waals surface area contributed by atoms with Gasteiger partial charge in [-0.1, -0.05) is 23.7 Å². The maximum absolute atomic E-state index is 12.0. The van der Waals surface area contributed by atoms with E-state index < -0.39 is 10.0 Å². The van der Waals surface area contributed by atoms with E-state index in [9.17, 15) is 8.42 Å². The van der Waals surface area contributed by atoms with Gasteiger partial charge in [0.2, 0.25) is 16.0 Å². The van der Waals surface area contributed by atoms with Crippen molar-refractivity contribution >= 4 is 44.8 Å². The van der Waals surface area contributed by atoms with Gasteiger partial charge in [0, 0.05) is 24.4 Å². The molecule has 3 aliphatic rings. The summed E-state index contributed by atoms with van der Waals surface area (Å²) in [5.41, 5.74) is 5.98. The molecule has 0 bridgehead atoms. The number of benzene rings is 1. The molecule has 0 spiro atoms. The fourth-order valence-corrected chi connectivity index (χ4v) is 4.92. The van der Waals surface area contributed by atoms with Crippen molar-refractivity contribution in [1.29, 1.82) is 0 Å². The number of nitrogens with one attached hydrogen (secondary N) is 4. The third kappa shape index (κ3) is 5.08. The number of aromatic nitrogens is 2. The quantitative estimate of drug-likeness (QED) is 0.453. The minimum Gasteiger partial charge on any atom is -0.339 e. The molecule has 2 aliphatic carbocycles. The normalized spacial score (nSPS) is 20.8. The molecule has 31 heavy (non-hydrogen) atoms. The highest BCUT2D eigenvalue weighted by molar-refractivity contribution is 7.90. The van der Waals surface area contributed by atoms with E-state index in [-0.39, 0.29) is 18.0 Å². The number of halogens is 1. The SMILES string of the molecule is O=S(=O)(NCc1ccc(Nc2nc(NC3CC(C4CC4)=NN3)ncc2Cl)cc1)C1CC1. The fourth-order valence-electron chi connectivity index (χ4n) is 3.42. The molecule has 1 atom stereocenters. The van der Waals surface area contributed by atoms with Gasteiger partial charge in [-0.3, -0.25) is 5.43 Å². The van der Waals surface area contributed by atoms with Crippen molar-refractivity contribution in [3.05, 3.63) is 41.0 Å². The highest BCUT2D eigenvalue weighted by atomic mass is 35.5. The minimum atomic E-state index is -3.19. The summed E-state index contributed by atoms with van der Waals surface area (Å²) in [6.07, 6.45) is 6.32. The number of sulfonamides is 1. The summed E-state index contributed by atoms with van der Waals surface area (Å²) in [5, 5.41) is 11.0. The molecule has 11 heteroatoms. The third-order valence-corrected chi connectivity index (χ3v) is 7.70. The number of nitrogens with zero attached hydrogens (tertiary/aromatic N) is 3. The molecule has 1 aliphatic heterocycles. The molecule has 2 heterocycles. The van der Waals surface area contributed by atoms with Gasteiger partial charge in [0.15, 0.2) is 5.82 Å². The molecule has 2 aromatic rings. The van der Waals surface area contributed by atoms with Gasteiger partial charge < -0.3 is 10.6 Å².